The Morgan fingerprint density at radius 1 is 1.16 bits per heavy atom. The van der Waals surface area contributed by atoms with Crippen LogP contribution >= 0.6 is 0 Å². The Bertz CT molecular complexity index is 492. The molecule has 0 saturated heterocycles. The first kappa shape index (κ1) is 13.8. The van der Waals surface area contributed by atoms with Gasteiger partial charge in [0.15, 0.2) is 0 Å². The molecule has 102 valence electrons. The zero-order valence-electron chi connectivity index (χ0n) is 11.5. The lowest BCUT2D eigenvalue weighted by molar-refractivity contribution is 0.170. The van der Waals surface area contributed by atoms with E-state index in [-0.39, 0.29) is 12.6 Å². The molecule has 0 aliphatic carbocycles. The van der Waals surface area contributed by atoms with Crippen molar-refractivity contribution in [3.8, 4) is 0 Å². The Hall–Kier alpha value is -1.58. The molecule has 0 aliphatic rings. The van der Waals surface area contributed by atoms with Gasteiger partial charge in [-0.3, -0.25) is 4.90 Å². The number of rotatable bonds is 6. The van der Waals surface area contributed by atoms with Crippen LogP contribution in [-0.2, 0) is 6.54 Å². The van der Waals surface area contributed by atoms with Crippen LogP contribution in [0.4, 0.5) is 0 Å². The van der Waals surface area contributed by atoms with Gasteiger partial charge in [-0.25, -0.2) is 0 Å². The van der Waals surface area contributed by atoms with Gasteiger partial charge in [0, 0.05) is 12.6 Å². The minimum absolute atomic E-state index is 0.182. The molecule has 0 amide bonds. The van der Waals surface area contributed by atoms with Crippen molar-refractivity contribution < 1.29 is 9.52 Å². The number of aryl methyl sites for hydroxylation is 1. The summed E-state index contributed by atoms with van der Waals surface area (Å²) in [4.78, 5) is 2.21. The second-order valence-corrected chi connectivity index (χ2v) is 4.87. The third-order valence-electron chi connectivity index (χ3n) is 3.32. The Balaban J connectivity index is 2.10. The molecule has 0 fully saturated rings. The Morgan fingerprint density at radius 2 is 1.89 bits per heavy atom. The van der Waals surface area contributed by atoms with E-state index in [0.717, 1.165) is 24.5 Å². The fraction of sp³-hybridized carbons (Fsp3) is 0.375. The van der Waals surface area contributed by atoms with E-state index in [2.05, 4.69) is 24.1 Å². The molecule has 1 heterocycles. The van der Waals surface area contributed by atoms with Crippen LogP contribution in [0.1, 0.15) is 29.5 Å². The second kappa shape index (κ2) is 6.55. The molecule has 0 aliphatic heterocycles. The molecule has 0 bridgehead atoms. The van der Waals surface area contributed by atoms with Crippen LogP contribution in [0.15, 0.2) is 46.9 Å². The standard InChI is InChI=1S/C16H21NO2/c1-13-8-9-15(19-13)12-17(2)16(10-11-18)14-6-4-3-5-7-14/h3-9,16,18H,10-12H2,1-2H3. The quantitative estimate of drug-likeness (QED) is 0.865. The Kier molecular flexibility index (Phi) is 4.77. The van der Waals surface area contributed by atoms with Crippen LogP contribution in [0.5, 0.6) is 0 Å². The van der Waals surface area contributed by atoms with Crippen molar-refractivity contribution in [2.75, 3.05) is 13.7 Å². The Morgan fingerprint density at radius 3 is 2.47 bits per heavy atom. The number of aliphatic hydroxyl groups excluding tert-OH is 1. The topological polar surface area (TPSA) is 36.6 Å². The van der Waals surface area contributed by atoms with Crippen LogP contribution in [0.3, 0.4) is 0 Å². The van der Waals surface area contributed by atoms with E-state index in [1.54, 1.807) is 0 Å². The SMILES string of the molecule is Cc1ccc(CN(C)C(CCO)c2ccccc2)o1. The molecule has 19 heavy (non-hydrogen) atoms. The van der Waals surface area contributed by atoms with Gasteiger partial charge in [-0.1, -0.05) is 30.3 Å². The van der Waals surface area contributed by atoms with Gasteiger partial charge < -0.3 is 9.52 Å². The predicted octanol–water partition coefficient (Wildman–Crippen LogP) is 3.14. The monoisotopic (exact) mass is 259 g/mol. The Labute approximate surface area is 114 Å². The minimum atomic E-state index is 0.182. The molecule has 0 saturated carbocycles. The third kappa shape index (κ3) is 3.69. The molecule has 1 N–H and O–H groups in total. The largest absolute Gasteiger partial charge is 0.465 e. The summed E-state index contributed by atoms with van der Waals surface area (Å²) in [5.41, 5.74) is 1.22. The summed E-state index contributed by atoms with van der Waals surface area (Å²) in [6.07, 6.45) is 0.722. The zero-order chi connectivity index (χ0) is 13.7. The van der Waals surface area contributed by atoms with Gasteiger partial charge in [-0.15, -0.1) is 0 Å². The summed E-state index contributed by atoms with van der Waals surface area (Å²) >= 11 is 0. The normalized spacial score (nSPS) is 12.8. The van der Waals surface area contributed by atoms with Crippen molar-refractivity contribution in [1.82, 2.24) is 4.90 Å². The van der Waals surface area contributed by atoms with Crippen molar-refractivity contribution in [1.29, 1.82) is 0 Å². The van der Waals surface area contributed by atoms with Gasteiger partial charge in [0.1, 0.15) is 11.5 Å². The van der Waals surface area contributed by atoms with Crippen molar-refractivity contribution in [2.24, 2.45) is 0 Å². The van der Waals surface area contributed by atoms with E-state index >= 15 is 0 Å². The van der Waals surface area contributed by atoms with Gasteiger partial charge in [-0.2, -0.15) is 0 Å². The second-order valence-electron chi connectivity index (χ2n) is 4.87. The van der Waals surface area contributed by atoms with Crippen molar-refractivity contribution in [2.45, 2.75) is 25.9 Å². The van der Waals surface area contributed by atoms with Crippen LogP contribution in [0.25, 0.3) is 0 Å². The summed E-state index contributed by atoms with van der Waals surface area (Å²) in [6.45, 7) is 2.88. The molecule has 0 radical (unpaired) electrons. The van der Waals surface area contributed by atoms with Crippen molar-refractivity contribution in [3.63, 3.8) is 0 Å². The molecule has 1 unspecified atom stereocenters. The summed E-state index contributed by atoms with van der Waals surface area (Å²) in [6, 6.07) is 14.5. The maximum absolute atomic E-state index is 9.27. The van der Waals surface area contributed by atoms with E-state index in [1.807, 2.05) is 37.3 Å². The van der Waals surface area contributed by atoms with E-state index in [9.17, 15) is 5.11 Å². The van der Waals surface area contributed by atoms with E-state index in [4.69, 9.17) is 4.42 Å². The number of nitrogens with zero attached hydrogens (tertiary/aromatic N) is 1. The molecule has 3 heteroatoms. The van der Waals surface area contributed by atoms with E-state index in [1.165, 1.54) is 5.56 Å². The van der Waals surface area contributed by atoms with Gasteiger partial charge in [0.25, 0.3) is 0 Å². The summed E-state index contributed by atoms with van der Waals surface area (Å²) < 4.78 is 5.61. The van der Waals surface area contributed by atoms with E-state index < -0.39 is 0 Å². The number of furan rings is 1. The highest BCUT2D eigenvalue weighted by atomic mass is 16.3. The zero-order valence-corrected chi connectivity index (χ0v) is 11.5. The van der Waals surface area contributed by atoms with Gasteiger partial charge in [0.2, 0.25) is 0 Å². The highest BCUT2D eigenvalue weighted by Crippen LogP contribution is 2.24. The van der Waals surface area contributed by atoms with Gasteiger partial charge >= 0.3 is 0 Å². The lowest BCUT2D eigenvalue weighted by Crippen LogP contribution is -2.25. The summed E-state index contributed by atoms with van der Waals surface area (Å²) in [7, 11) is 2.06. The first-order chi connectivity index (χ1) is 9.20. The predicted molar refractivity (Wildman–Crippen MR) is 75.8 cm³/mol. The maximum atomic E-state index is 9.27. The van der Waals surface area contributed by atoms with E-state index in [0.29, 0.717) is 0 Å². The van der Waals surface area contributed by atoms with Crippen molar-refractivity contribution >= 4 is 0 Å². The lowest BCUT2D eigenvalue weighted by Gasteiger charge is -2.27. The molecule has 0 spiro atoms. The van der Waals surface area contributed by atoms with Crippen LogP contribution < -0.4 is 0 Å². The maximum Gasteiger partial charge on any atom is 0.118 e. The number of benzene rings is 1. The van der Waals surface area contributed by atoms with Gasteiger partial charge in [-0.05, 0) is 38.1 Å². The first-order valence-electron chi connectivity index (χ1n) is 6.62. The summed E-state index contributed by atoms with van der Waals surface area (Å²) in [5.74, 6) is 1.89. The molecule has 2 aromatic rings. The lowest BCUT2D eigenvalue weighted by atomic mass is 10.0. The molecule has 2 rings (SSSR count). The molecule has 1 atom stereocenters. The third-order valence-corrected chi connectivity index (χ3v) is 3.32. The average molecular weight is 259 g/mol. The highest BCUT2D eigenvalue weighted by molar-refractivity contribution is 5.19. The minimum Gasteiger partial charge on any atom is -0.465 e. The number of hydrogen-bond donors (Lipinski definition) is 1. The smallest absolute Gasteiger partial charge is 0.118 e. The van der Waals surface area contributed by atoms with Crippen LogP contribution in [0, 0.1) is 6.92 Å². The average Bonchev–Trinajstić information content (AvgIpc) is 2.82. The fourth-order valence-corrected chi connectivity index (χ4v) is 2.37. The van der Waals surface area contributed by atoms with Crippen LogP contribution in [0.2, 0.25) is 0 Å². The first-order valence-corrected chi connectivity index (χ1v) is 6.62. The van der Waals surface area contributed by atoms with Crippen molar-refractivity contribution in [3.05, 3.63) is 59.5 Å². The summed E-state index contributed by atoms with van der Waals surface area (Å²) in [5, 5.41) is 9.27. The fourth-order valence-electron chi connectivity index (χ4n) is 2.37. The number of hydrogen-bond acceptors (Lipinski definition) is 3. The van der Waals surface area contributed by atoms with Crippen LogP contribution in [-0.4, -0.2) is 23.7 Å². The molecular formula is C16H21NO2. The highest BCUT2D eigenvalue weighted by Gasteiger charge is 2.17. The number of aliphatic hydroxyl groups is 1. The van der Waals surface area contributed by atoms with Gasteiger partial charge in [0.05, 0.1) is 6.54 Å². The molecule has 3 nitrogen and oxygen atoms in total. The molecule has 1 aromatic heterocycles. The molecule has 1 aromatic carbocycles. The molecular weight excluding hydrogens is 238 g/mol.